The van der Waals surface area contributed by atoms with Crippen molar-refractivity contribution in [2.24, 2.45) is 5.92 Å². The van der Waals surface area contributed by atoms with Gasteiger partial charge >= 0.3 is 0 Å². The van der Waals surface area contributed by atoms with Gasteiger partial charge in [-0.25, -0.2) is 23.1 Å². The largest absolute Gasteiger partial charge is 0.389 e. The molecule has 4 heterocycles. The van der Waals surface area contributed by atoms with Gasteiger partial charge in [-0.1, -0.05) is 6.07 Å². The minimum Gasteiger partial charge on any atom is -0.389 e. The number of hydrogen-bond donors (Lipinski definition) is 3. The van der Waals surface area contributed by atoms with Gasteiger partial charge in [0.2, 0.25) is 0 Å². The van der Waals surface area contributed by atoms with Crippen LogP contribution >= 0.6 is 11.3 Å². The fourth-order valence-corrected chi connectivity index (χ4v) is 6.55. The van der Waals surface area contributed by atoms with E-state index in [1.54, 1.807) is 0 Å². The number of nitriles is 1. The lowest BCUT2D eigenvalue weighted by molar-refractivity contribution is 0.135. The molecule has 0 radical (unpaired) electrons. The van der Waals surface area contributed by atoms with Crippen LogP contribution in [-0.4, -0.2) is 34.8 Å². The molecule has 4 N–H and O–H groups in total. The number of nitrogens with zero attached hydrogens (tertiary/aromatic N) is 3. The molecule has 0 spiro atoms. The predicted octanol–water partition coefficient (Wildman–Crippen LogP) is 3.99. The molecule has 7 nitrogen and oxygen atoms in total. The lowest BCUT2D eigenvalue weighted by atomic mass is 9.90. The molecule has 2 aromatic carbocycles. The van der Waals surface area contributed by atoms with Crippen molar-refractivity contribution < 1.29 is 17.9 Å². The highest BCUT2D eigenvalue weighted by molar-refractivity contribution is 7.23. The van der Waals surface area contributed by atoms with Gasteiger partial charge in [-0.05, 0) is 22.8 Å². The summed E-state index contributed by atoms with van der Waals surface area (Å²) in [5.74, 6) is -0.863. The van der Waals surface area contributed by atoms with E-state index in [1.165, 1.54) is 18.5 Å². The Kier molecular flexibility index (Phi) is 4.34. The first-order chi connectivity index (χ1) is 17.0. The summed E-state index contributed by atoms with van der Waals surface area (Å²) in [5.41, 5.74) is 8.07. The Labute approximate surface area is 200 Å². The third kappa shape index (κ3) is 2.78. The van der Waals surface area contributed by atoms with Crippen LogP contribution in [0.15, 0.2) is 18.5 Å². The van der Waals surface area contributed by atoms with Gasteiger partial charge in [-0.3, -0.25) is 0 Å². The molecule has 11 heteroatoms. The van der Waals surface area contributed by atoms with Gasteiger partial charge in [0.25, 0.3) is 0 Å². The monoisotopic (exact) mass is 494 g/mol. The Hall–Kier alpha value is -3.46. The standard InChI is InChI=1S/C24H17F3N6OS/c25-12-2-1-8(15-9(3-28)23(29)35-22(12)15)14-10-5-34-6-11(10)16-20(18(14)26)31-7-32-24(16)33-13-4-30-21-17(13)19(21)27/h1-2,7,13,17,19,21,30H,4-6,29H2,(H,31,32,33)/t13?,17?,19-,21?/m1/s1. The number of rotatable bonds is 3. The summed E-state index contributed by atoms with van der Waals surface area (Å²) in [5, 5.41) is 17.1. The lowest BCUT2D eigenvalue weighted by Crippen LogP contribution is -2.30. The summed E-state index contributed by atoms with van der Waals surface area (Å²) in [6.07, 6.45) is 0.364. The van der Waals surface area contributed by atoms with E-state index >= 15 is 4.39 Å². The van der Waals surface area contributed by atoms with Gasteiger partial charge in [0.15, 0.2) is 5.82 Å². The van der Waals surface area contributed by atoms with Gasteiger partial charge in [0.1, 0.15) is 40.7 Å². The zero-order valence-electron chi connectivity index (χ0n) is 18.0. The SMILES string of the molecule is N#Cc1c(N)sc2c(F)ccc(-c3c4c(c5c(NC6CNC7C6[C@H]7F)ncnc5c3F)COC4)c12. The van der Waals surface area contributed by atoms with Gasteiger partial charge in [-0.2, -0.15) is 5.26 Å². The Bertz CT molecular complexity index is 1620. The fourth-order valence-electron chi connectivity index (χ4n) is 5.60. The Morgan fingerprint density at radius 1 is 1.20 bits per heavy atom. The van der Waals surface area contributed by atoms with Gasteiger partial charge in [0, 0.05) is 35.5 Å². The van der Waals surface area contributed by atoms with E-state index in [0.717, 1.165) is 11.3 Å². The number of nitrogens with two attached hydrogens (primary N) is 1. The summed E-state index contributed by atoms with van der Waals surface area (Å²) in [6, 6.07) is 4.43. The second kappa shape index (κ2) is 7.27. The van der Waals surface area contributed by atoms with Crippen molar-refractivity contribution in [2.75, 3.05) is 17.6 Å². The van der Waals surface area contributed by atoms with Crippen molar-refractivity contribution in [1.82, 2.24) is 15.3 Å². The number of aromatic nitrogens is 2. The Morgan fingerprint density at radius 3 is 2.80 bits per heavy atom. The van der Waals surface area contributed by atoms with Crippen molar-refractivity contribution in [3.63, 3.8) is 0 Å². The van der Waals surface area contributed by atoms with Crippen molar-refractivity contribution in [3.05, 3.63) is 46.8 Å². The summed E-state index contributed by atoms with van der Waals surface area (Å²) < 4.78 is 50.8. The first-order valence-corrected chi connectivity index (χ1v) is 11.9. The van der Waals surface area contributed by atoms with Crippen LogP contribution in [0.1, 0.15) is 16.7 Å². The average molecular weight is 495 g/mol. The second-order valence-corrected chi connectivity index (χ2v) is 10.1. The van der Waals surface area contributed by atoms with Crippen LogP contribution in [0.5, 0.6) is 0 Å². The van der Waals surface area contributed by atoms with Crippen LogP contribution in [-0.2, 0) is 18.0 Å². The quantitative estimate of drug-likeness (QED) is 0.395. The highest BCUT2D eigenvalue weighted by Crippen LogP contribution is 2.47. The number of halogens is 3. The summed E-state index contributed by atoms with van der Waals surface area (Å²) in [4.78, 5) is 8.60. The Morgan fingerprint density at radius 2 is 2.03 bits per heavy atom. The highest BCUT2D eigenvalue weighted by atomic mass is 32.1. The number of hydrogen-bond acceptors (Lipinski definition) is 8. The Balaban J connectivity index is 1.48. The van der Waals surface area contributed by atoms with Crippen LogP contribution in [0.25, 0.3) is 32.1 Å². The minimum atomic E-state index is -0.903. The number of ether oxygens (including phenoxy) is 1. The van der Waals surface area contributed by atoms with E-state index in [-0.39, 0.29) is 62.9 Å². The van der Waals surface area contributed by atoms with Crippen molar-refractivity contribution in [1.29, 1.82) is 5.26 Å². The van der Waals surface area contributed by atoms with Crippen LogP contribution in [0.2, 0.25) is 0 Å². The number of fused-ring (bicyclic) bond motifs is 5. The molecule has 1 aliphatic carbocycles. The summed E-state index contributed by atoms with van der Waals surface area (Å²) in [7, 11) is 0. The summed E-state index contributed by atoms with van der Waals surface area (Å²) >= 11 is 0.960. The molecule has 1 saturated heterocycles. The number of nitrogens with one attached hydrogen (secondary N) is 2. The van der Waals surface area contributed by atoms with Crippen molar-refractivity contribution >= 4 is 43.1 Å². The molecule has 4 atom stereocenters. The topological polar surface area (TPSA) is 109 Å². The van der Waals surface area contributed by atoms with E-state index in [0.29, 0.717) is 34.4 Å². The van der Waals surface area contributed by atoms with Crippen LogP contribution < -0.4 is 16.4 Å². The zero-order valence-corrected chi connectivity index (χ0v) is 18.8. The highest BCUT2D eigenvalue weighted by Gasteiger charge is 2.59. The van der Waals surface area contributed by atoms with Gasteiger partial charge in [-0.15, -0.1) is 11.3 Å². The fraction of sp³-hybridized carbons (Fsp3) is 0.292. The molecule has 7 rings (SSSR count). The van der Waals surface area contributed by atoms with Crippen LogP contribution in [0, 0.1) is 28.9 Å². The molecule has 1 saturated carbocycles. The molecule has 35 heavy (non-hydrogen) atoms. The molecular formula is C24H17F3N6OS. The van der Waals surface area contributed by atoms with E-state index < -0.39 is 17.8 Å². The first-order valence-electron chi connectivity index (χ1n) is 11.1. The van der Waals surface area contributed by atoms with E-state index in [9.17, 15) is 14.0 Å². The molecule has 0 amide bonds. The number of benzene rings is 2. The second-order valence-electron chi connectivity index (χ2n) is 9.04. The smallest absolute Gasteiger partial charge is 0.157 e. The molecule has 3 unspecified atom stereocenters. The first kappa shape index (κ1) is 20.9. The zero-order chi connectivity index (χ0) is 24.0. The normalized spacial score (nSPS) is 24.5. The maximum Gasteiger partial charge on any atom is 0.157 e. The van der Waals surface area contributed by atoms with E-state index in [2.05, 4.69) is 20.6 Å². The molecule has 176 valence electrons. The third-order valence-electron chi connectivity index (χ3n) is 7.28. The maximum absolute atomic E-state index is 16.3. The number of thiophene rings is 1. The van der Waals surface area contributed by atoms with Crippen LogP contribution in [0.4, 0.5) is 24.0 Å². The van der Waals surface area contributed by atoms with Gasteiger partial charge < -0.3 is 21.1 Å². The van der Waals surface area contributed by atoms with Crippen LogP contribution in [0.3, 0.4) is 0 Å². The van der Waals surface area contributed by atoms with Crippen molar-refractivity contribution in [3.8, 4) is 17.2 Å². The number of nitrogen functional groups attached to an aromatic ring is 1. The molecule has 2 aromatic heterocycles. The summed E-state index contributed by atoms with van der Waals surface area (Å²) in [6.45, 7) is 0.933. The number of piperidine rings is 1. The molecule has 0 bridgehead atoms. The number of alkyl halides is 1. The third-order valence-corrected chi connectivity index (χ3v) is 8.31. The lowest BCUT2D eigenvalue weighted by Gasteiger charge is -2.19. The molecule has 3 aliphatic rings. The maximum atomic E-state index is 16.3. The van der Waals surface area contributed by atoms with E-state index in [1.807, 2.05) is 6.07 Å². The predicted molar refractivity (Wildman–Crippen MR) is 125 cm³/mol. The van der Waals surface area contributed by atoms with E-state index in [4.69, 9.17) is 10.5 Å². The van der Waals surface area contributed by atoms with Crippen molar-refractivity contribution in [2.45, 2.75) is 31.5 Å². The number of anilines is 2. The minimum absolute atomic E-state index is 0.0797. The molecule has 2 aliphatic heterocycles. The molecular weight excluding hydrogens is 477 g/mol. The van der Waals surface area contributed by atoms with Gasteiger partial charge in [0.05, 0.1) is 28.9 Å². The molecule has 2 fully saturated rings. The average Bonchev–Trinajstić information content (AvgIpc) is 3.27. The molecule has 4 aromatic rings.